The first-order valence-electron chi connectivity index (χ1n) is 11.7. The highest BCUT2D eigenvalue weighted by molar-refractivity contribution is 6.04. The van der Waals surface area contributed by atoms with Crippen LogP contribution in [0.2, 0.25) is 0 Å². The maximum Gasteiger partial charge on any atom is 0.258 e. The van der Waals surface area contributed by atoms with Gasteiger partial charge in [0.25, 0.3) is 11.8 Å². The Morgan fingerprint density at radius 1 is 1.14 bits per heavy atom. The van der Waals surface area contributed by atoms with E-state index in [2.05, 4.69) is 10.3 Å². The van der Waals surface area contributed by atoms with E-state index >= 15 is 0 Å². The molecule has 0 aliphatic heterocycles. The van der Waals surface area contributed by atoms with Crippen molar-refractivity contribution in [2.45, 2.75) is 51.1 Å². The number of imidazole rings is 1. The molecular weight excluding hydrogens is 444 g/mol. The standard InChI is InChI=1S/C26H28N6O3/c1-31(20-8-3-2-4-9-20)25(35)19-10-11-22-21(15-19)29-26(32(22)13-12-23(28)33)30-24(34)18-7-5-6-17(14-18)16-27/h5-7,10-11,14-15,20H,2-4,8-9,12-13H2,1H3,(H2,28,33)(H,29,30,34). The maximum absolute atomic E-state index is 13.2. The zero-order valence-electron chi connectivity index (χ0n) is 19.7. The van der Waals surface area contributed by atoms with Crippen molar-refractivity contribution in [2.75, 3.05) is 12.4 Å². The molecule has 0 bridgehead atoms. The van der Waals surface area contributed by atoms with Gasteiger partial charge in [-0.1, -0.05) is 25.3 Å². The normalized spacial score (nSPS) is 13.8. The molecule has 0 spiro atoms. The van der Waals surface area contributed by atoms with Crippen LogP contribution in [-0.4, -0.2) is 45.3 Å². The lowest BCUT2D eigenvalue weighted by Crippen LogP contribution is -2.38. The van der Waals surface area contributed by atoms with Crippen molar-refractivity contribution in [2.24, 2.45) is 5.73 Å². The molecule has 3 aromatic rings. The van der Waals surface area contributed by atoms with Gasteiger partial charge in [-0.25, -0.2) is 4.98 Å². The van der Waals surface area contributed by atoms with Crippen molar-refractivity contribution in [3.8, 4) is 6.07 Å². The molecule has 180 valence electrons. The lowest BCUT2D eigenvalue weighted by atomic mass is 9.94. The summed E-state index contributed by atoms with van der Waals surface area (Å²) in [5, 5.41) is 11.9. The summed E-state index contributed by atoms with van der Waals surface area (Å²) >= 11 is 0. The van der Waals surface area contributed by atoms with Crippen LogP contribution in [0.1, 0.15) is 64.8 Å². The van der Waals surface area contributed by atoms with Gasteiger partial charge in [0.05, 0.1) is 22.7 Å². The van der Waals surface area contributed by atoms with E-state index in [0.717, 1.165) is 25.7 Å². The molecule has 0 atom stereocenters. The minimum Gasteiger partial charge on any atom is -0.370 e. The number of fused-ring (bicyclic) bond motifs is 1. The molecule has 35 heavy (non-hydrogen) atoms. The van der Waals surface area contributed by atoms with Gasteiger partial charge in [-0.2, -0.15) is 5.26 Å². The molecular formula is C26H28N6O3. The van der Waals surface area contributed by atoms with Crippen molar-refractivity contribution in [3.05, 3.63) is 59.2 Å². The number of nitrogens with zero attached hydrogens (tertiary/aromatic N) is 4. The second-order valence-electron chi connectivity index (χ2n) is 8.86. The lowest BCUT2D eigenvalue weighted by molar-refractivity contribution is -0.118. The molecule has 4 rings (SSSR count). The van der Waals surface area contributed by atoms with Crippen LogP contribution in [-0.2, 0) is 11.3 Å². The van der Waals surface area contributed by atoms with E-state index in [-0.39, 0.29) is 30.9 Å². The molecule has 3 N–H and O–H groups in total. The van der Waals surface area contributed by atoms with Crippen LogP contribution < -0.4 is 11.1 Å². The summed E-state index contributed by atoms with van der Waals surface area (Å²) in [5.74, 6) is -0.749. The van der Waals surface area contributed by atoms with Gasteiger partial charge in [0, 0.05) is 37.2 Å². The number of carbonyl (C=O) groups is 3. The van der Waals surface area contributed by atoms with Gasteiger partial charge in [0.1, 0.15) is 0 Å². The molecule has 1 saturated carbocycles. The van der Waals surface area contributed by atoms with Gasteiger partial charge in [0.15, 0.2) is 0 Å². The summed E-state index contributed by atoms with van der Waals surface area (Å²) in [5.41, 5.74) is 7.74. The SMILES string of the molecule is CN(C(=O)c1ccc2c(c1)nc(NC(=O)c1cccc(C#N)c1)n2CCC(N)=O)C1CCCCC1. The summed E-state index contributed by atoms with van der Waals surface area (Å²) in [6, 6.07) is 13.8. The molecule has 0 saturated heterocycles. The topological polar surface area (TPSA) is 134 Å². The van der Waals surface area contributed by atoms with Crippen LogP contribution in [0.4, 0.5) is 5.95 Å². The Morgan fingerprint density at radius 2 is 1.91 bits per heavy atom. The van der Waals surface area contributed by atoms with E-state index in [1.807, 2.05) is 18.0 Å². The highest BCUT2D eigenvalue weighted by Crippen LogP contribution is 2.26. The molecule has 1 fully saturated rings. The van der Waals surface area contributed by atoms with Crippen LogP contribution in [0.15, 0.2) is 42.5 Å². The van der Waals surface area contributed by atoms with E-state index in [1.165, 1.54) is 12.5 Å². The second kappa shape index (κ2) is 10.4. The first-order valence-corrected chi connectivity index (χ1v) is 11.7. The lowest BCUT2D eigenvalue weighted by Gasteiger charge is -2.31. The van der Waals surface area contributed by atoms with Gasteiger partial charge in [-0.15, -0.1) is 0 Å². The van der Waals surface area contributed by atoms with Crippen LogP contribution >= 0.6 is 0 Å². The summed E-state index contributed by atoms with van der Waals surface area (Å²) in [6.07, 6.45) is 5.55. The Kier molecular flexibility index (Phi) is 7.11. The summed E-state index contributed by atoms with van der Waals surface area (Å²) in [6.45, 7) is 0.217. The number of hydrogen-bond donors (Lipinski definition) is 2. The molecule has 3 amide bonds. The average Bonchev–Trinajstić information content (AvgIpc) is 3.22. The number of rotatable bonds is 7. The van der Waals surface area contributed by atoms with Gasteiger partial charge in [-0.05, 0) is 49.2 Å². The van der Waals surface area contributed by atoms with Crippen molar-refractivity contribution in [1.29, 1.82) is 5.26 Å². The fourth-order valence-corrected chi connectivity index (χ4v) is 4.55. The Bertz CT molecular complexity index is 1320. The summed E-state index contributed by atoms with van der Waals surface area (Å²) < 4.78 is 1.70. The number of hydrogen-bond acceptors (Lipinski definition) is 5. The van der Waals surface area contributed by atoms with Crippen molar-refractivity contribution >= 4 is 34.7 Å². The third kappa shape index (κ3) is 5.32. The zero-order chi connectivity index (χ0) is 24.9. The van der Waals surface area contributed by atoms with Gasteiger partial charge in [0.2, 0.25) is 11.9 Å². The number of aromatic nitrogens is 2. The Labute approximate surface area is 203 Å². The Morgan fingerprint density at radius 3 is 2.63 bits per heavy atom. The molecule has 1 aliphatic rings. The largest absolute Gasteiger partial charge is 0.370 e. The average molecular weight is 473 g/mol. The van der Waals surface area contributed by atoms with Crippen molar-refractivity contribution in [3.63, 3.8) is 0 Å². The zero-order valence-corrected chi connectivity index (χ0v) is 19.7. The summed E-state index contributed by atoms with van der Waals surface area (Å²) in [4.78, 5) is 43.8. The van der Waals surface area contributed by atoms with Crippen LogP contribution in [0.3, 0.4) is 0 Å². The molecule has 9 heteroatoms. The smallest absolute Gasteiger partial charge is 0.258 e. The molecule has 9 nitrogen and oxygen atoms in total. The molecule has 1 aromatic heterocycles. The monoisotopic (exact) mass is 472 g/mol. The number of nitriles is 1. The van der Waals surface area contributed by atoms with Crippen molar-refractivity contribution in [1.82, 2.24) is 14.5 Å². The van der Waals surface area contributed by atoms with Crippen LogP contribution in [0.25, 0.3) is 11.0 Å². The first kappa shape index (κ1) is 24.0. The minimum absolute atomic E-state index is 0.0589. The number of benzene rings is 2. The number of nitrogens with one attached hydrogen (secondary N) is 1. The first-order chi connectivity index (χ1) is 16.9. The third-order valence-corrected chi connectivity index (χ3v) is 6.50. The summed E-state index contributed by atoms with van der Waals surface area (Å²) in [7, 11) is 1.84. The van der Waals surface area contributed by atoms with Crippen LogP contribution in [0, 0.1) is 11.3 Å². The van der Waals surface area contributed by atoms with Crippen molar-refractivity contribution < 1.29 is 14.4 Å². The second-order valence-corrected chi connectivity index (χ2v) is 8.86. The van der Waals surface area contributed by atoms with Crippen LogP contribution in [0.5, 0.6) is 0 Å². The highest BCUT2D eigenvalue weighted by Gasteiger charge is 2.24. The predicted octanol–water partition coefficient (Wildman–Crippen LogP) is 3.44. The third-order valence-electron chi connectivity index (χ3n) is 6.50. The Hall–Kier alpha value is -4.19. The fourth-order valence-electron chi connectivity index (χ4n) is 4.55. The van der Waals surface area contributed by atoms with E-state index in [0.29, 0.717) is 27.7 Å². The molecule has 2 aromatic carbocycles. The van der Waals surface area contributed by atoms with Gasteiger partial charge < -0.3 is 15.2 Å². The molecule has 1 heterocycles. The van der Waals surface area contributed by atoms with E-state index in [4.69, 9.17) is 11.0 Å². The van der Waals surface area contributed by atoms with E-state index < -0.39 is 11.8 Å². The fraction of sp³-hybridized carbons (Fsp3) is 0.346. The molecule has 1 aliphatic carbocycles. The van der Waals surface area contributed by atoms with Gasteiger partial charge in [-0.3, -0.25) is 19.7 Å². The maximum atomic E-state index is 13.2. The number of amides is 3. The highest BCUT2D eigenvalue weighted by atomic mass is 16.2. The predicted molar refractivity (Wildman–Crippen MR) is 132 cm³/mol. The number of carbonyl (C=O) groups excluding carboxylic acids is 3. The van der Waals surface area contributed by atoms with E-state index in [1.54, 1.807) is 41.0 Å². The number of primary amides is 1. The molecule has 0 radical (unpaired) electrons. The number of anilines is 1. The number of nitrogens with two attached hydrogens (primary N) is 1. The quantitative estimate of drug-likeness (QED) is 0.543. The minimum atomic E-state index is -0.480. The Balaban J connectivity index is 1.64. The number of aryl methyl sites for hydroxylation is 1. The van der Waals surface area contributed by atoms with Gasteiger partial charge >= 0.3 is 0 Å². The van der Waals surface area contributed by atoms with E-state index in [9.17, 15) is 14.4 Å². The molecule has 0 unspecified atom stereocenters.